The number of carbonyl (C=O) groups is 1. The lowest BCUT2D eigenvalue weighted by Crippen LogP contribution is -2.51. The minimum absolute atomic E-state index is 0.100. The highest BCUT2D eigenvalue weighted by Gasteiger charge is 2.37. The Hall–Kier alpha value is -1.01. The van der Waals surface area contributed by atoms with Crippen molar-refractivity contribution in [1.29, 1.82) is 0 Å². The molecule has 1 aromatic rings. The first-order valence-electron chi connectivity index (χ1n) is 7.74. The third-order valence-corrected chi connectivity index (χ3v) is 5.77. The predicted octanol–water partition coefficient (Wildman–Crippen LogP) is 2.03. The summed E-state index contributed by atoms with van der Waals surface area (Å²) < 4.78 is 6.83. The fourth-order valence-corrected chi connectivity index (χ4v) is 4.72. The summed E-state index contributed by atoms with van der Waals surface area (Å²) in [6.07, 6.45) is 6.81. The van der Waals surface area contributed by atoms with Gasteiger partial charge in [0.15, 0.2) is 0 Å². The summed E-state index contributed by atoms with van der Waals surface area (Å²) in [4.78, 5) is 14.8. The van der Waals surface area contributed by atoms with Gasteiger partial charge in [-0.1, -0.05) is 12.8 Å². The van der Waals surface area contributed by atoms with Crippen LogP contribution in [-0.4, -0.2) is 57.9 Å². The van der Waals surface area contributed by atoms with Crippen LogP contribution >= 0.6 is 11.8 Å². The van der Waals surface area contributed by atoms with Gasteiger partial charge in [0, 0.05) is 36.9 Å². The van der Waals surface area contributed by atoms with Crippen LogP contribution in [0, 0.1) is 0 Å². The van der Waals surface area contributed by atoms with E-state index in [1.54, 1.807) is 11.8 Å². The lowest BCUT2D eigenvalue weighted by Gasteiger charge is -2.43. The number of hydrogen-bond acceptors (Lipinski definition) is 4. The topological polar surface area (TPSA) is 47.4 Å². The Morgan fingerprint density at radius 1 is 1.48 bits per heavy atom. The average Bonchev–Trinajstić information content (AvgIpc) is 3.00. The van der Waals surface area contributed by atoms with E-state index in [0.717, 1.165) is 18.7 Å². The Kier molecular flexibility index (Phi) is 4.85. The van der Waals surface area contributed by atoms with Gasteiger partial charge >= 0.3 is 0 Å². The number of amides is 1. The number of hydrogen-bond donors (Lipinski definition) is 0. The van der Waals surface area contributed by atoms with Crippen molar-refractivity contribution >= 4 is 17.7 Å². The summed E-state index contributed by atoms with van der Waals surface area (Å²) in [5.41, 5.74) is 0.572. The number of fused-ring (bicyclic) bond motifs is 1. The third-order valence-electron chi connectivity index (χ3n) is 4.38. The minimum atomic E-state index is 0.100. The molecule has 0 bridgehead atoms. The summed E-state index contributed by atoms with van der Waals surface area (Å²) in [5.74, 6) is 1.15. The Morgan fingerprint density at radius 2 is 2.33 bits per heavy atom. The van der Waals surface area contributed by atoms with E-state index in [1.165, 1.54) is 19.3 Å². The number of ether oxygens (including phenoxy) is 1. The third kappa shape index (κ3) is 3.26. The van der Waals surface area contributed by atoms with Crippen molar-refractivity contribution < 1.29 is 9.53 Å². The van der Waals surface area contributed by atoms with Crippen LogP contribution in [0.2, 0.25) is 0 Å². The van der Waals surface area contributed by atoms with Crippen molar-refractivity contribution in [3.05, 3.63) is 18.0 Å². The molecule has 0 unspecified atom stereocenters. The molecule has 2 atom stereocenters. The van der Waals surface area contributed by atoms with E-state index < -0.39 is 0 Å². The normalized spacial score (nSPS) is 25.7. The molecule has 1 amide bonds. The molecule has 116 valence electrons. The molecule has 6 heteroatoms. The van der Waals surface area contributed by atoms with E-state index in [4.69, 9.17) is 4.74 Å². The van der Waals surface area contributed by atoms with Crippen molar-refractivity contribution in [2.45, 2.75) is 43.5 Å². The minimum Gasteiger partial charge on any atom is -0.383 e. The van der Waals surface area contributed by atoms with Crippen molar-refractivity contribution in [2.75, 3.05) is 26.0 Å². The predicted molar refractivity (Wildman–Crippen MR) is 83.6 cm³/mol. The summed E-state index contributed by atoms with van der Waals surface area (Å²) >= 11 is 2.04. The second-order valence-corrected chi connectivity index (χ2v) is 7.06. The molecule has 0 radical (unpaired) electrons. The fourth-order valence-electron chi connectivity index (χ4n) is 3.28. The molecule has 2 aliphatic rings. The van der Waals surface area contributed by atoms with Gasteiger partial charge in [0.05, 0.1) is 13.2 Å². The zero-order valence-corrected chi connectivity index (χ0v) is 13.3. The number of nitrogens with zero attached hydrogens (tertiary/aromatic N) is 3. The molecule has 1 aliphatic carbocycles. The summed E-state index contributed by atoms with van der Waals surface area (Å²) in [7, 11) is 1.67. The van der Waals surface area contributed by atoms with Gasteiger partial charge < -0.3 is 9.64 Å². The maximum Gasteiger partial charge on any atom is 0.274 e. The maximum absolute atomic E-state index is 12.8. The van der Waals surface area contributed by atoms with Gasteiger partial charge in [0.2, 0.25) is 0 Å². The van der Waals surface area contributed by atoms with E-state index in [2.05, 4.69) is 10.00 Å². The monoisotopic (exact) mass is 309 g/mol. The van der Waals surface area contributed by atoms with Gasteiger partial charge in [-0.3, -0.25) is 9.48 Å². The van der Waals surface area contributed by atoms with Crippen molar-refractivity contribution in [3.8, 4) is 0 Å². The van der Waals surface area contributed by atoms with Crippen LogP contribution in [0.15, 0.2) is 12.3 Å². The second kappa shape index (κ2) is 6.83. The Balaban J connectivity index is 1.69. The van der Waals surface area contributed by atoms with Crippen LogP contribution in [0.5, 0.6) is 0 Å². The van der Waals surface area contributed by atoms with Crippen LogP contribution in [0.3, 0.4) is 0 Å². The van der Waals surface area contributed by atoms with Crippen molar-refractivity contribution in [1.82, 2.24) is 14.7 Å². The summed E-state index contributed by atoms with van der Waals surface area (Å²) in [6, 6.07) is 2.24. The number of rotatable bonds is 4. The molecule has 0 spiro atoms. The summed E-state index contributed by atoms with van der Waals surface area (Å²) in [5, 5.41) is 5.03. The van der Waals surface area contributed by atoms with E-state index in [-0.39, 0.29) is 5.91 Å². The second-order valence-electron chi connectivity index (χ2n) is 5.72. The largest absolute Gasteiger partial charge is 0.383 e. The zero-order chi connectivity index (χ0) is 14.7. The van der Waals surface area contributed by atoms with E-state index in [9.17, 15) is 4.79 Å². The number of thioether (sulfide) groups is 1. The Bertz CT molecular complexity index is 489. The van der Waals surface area contributed by atoms with Gasteiger partial charge in [-0.15, -0.1) is 0 Å². The van der Waals surface area contributed by atoms with Crippen molar-refractivity contribution in [2.24, 2.45) is 0 Å². The first-order chi connectivity index (χ1) is 10.3. The van der Waals surface area contributed by atoms with Gasteiger partial charge in [-0.05, 0) is 18.9 Å². The van der Waals surface area contributed by atoms with Crippen LogP contribution in [0.1, 0.15) is 36.2 Å². The van der Waals surface area contributed by atoms with Crippen molar-refractivity contribution in [3.63, 3.8) is 0 Å². The van der Waals surface area contributed by atoms with Crippen LogP contribution in [-0.2, 0) is 11.3 Å². The van der Waals surface area contributed by atoms with E-state index >= 15 is 0 Å². The van der Waals surface area contributed by atoms with Gasteiger partial charge in [0.1, 0.15) is 5.69 Å². The molecule has 21 heavy (non-hydrogen) atoms. The smallest absolute Gasteiger partial charge is 0.274 e. The zero-order valence-electron chi connectivity index (χ0n) is 12.5. The van der Waals surface area contributed by atoms with Crippen LogP contribution in [0.4, 0.5) is 0 Å². The molecule has 2 heterocycles. The molecule has 0 N–H and O–H groups in total. The first kappa shape index (κ1) is 14.9. The van der Waals surface area contributed by atoms with Gasteiger partial charge in [-0.2, -0.15) is 16.9 Å². The summed E-state index contributed by atoms with van der Waals surface area (Å²) in [6.45, 7) is 2.15. The van der Waals surface area contributed by atoms with E-state index in [1.807, 2.05) is 24.0 Å². The van der Waals surface area contributed by atoms with E-state index in [0.29, 0.717) is 30.1 Å². The first-order valence-corrected chi connectivity index (χ1v) is 8.79. The average molecular weight is 309 g/mol. The molecule has 3 rings (SSSR count). The lowest BCUT2D eigenvalue weighted by atomic mass is 9.93. The van der Waals surface area contributed by atoms with Gasteiger partial charge in [-0.25, -0.2) is 0 Å². The fraction of sp³-hybridized carbons (Fsp3) is 0.733. The van der Waals surface area contributed by atoms with Crippen LogP contribution < -0.4 is 0 Å². The Labute approximate surface area is 130 Å². The number of aromatic nitrogens is 2. The highest BCUT2D eigenvalue weighted by molar-refractivity contribution is 8.00. The van der Waals surface area contributed by atoms with Crippen LogP contribution in [0.25, 0.3) is 0 Å². The molecule has 1 aromatic heterocycles. The number of methoxy groups -OCH3 is 1. The lowest BCUT2D eigenvalue weighted by molar-refractivity contribution is 0.0639. The molecule has 2 fully saturated rings. The Morgan fingerprint density at radius 3 is 3.19 bits per heavy atom. The molecule has 0 aromatic carbocycles. The molecule has 1 saturated heterocycles. The standard InChI is InChI=1S/C15H23N3O2S/c1-20-10-8-17-7-6-12(16-17)15(19)18-9-11-21-14-5-3-2-4-13(14)18/h6-7,13-14H,2-5,8-11H2,1H3/t13-,14+/m1/s1. The molecular weight excluding hydrogens is 286 g/mol. The van der Waals surface area contributed by atoms with Gasteiger partial charge in [0.25, 0.3) is 5.91 Å². The molecular formula is C15H23N3O2S. The molecule has 1 saturated carbocycles. The number of carbonyl (C=O) groups excluding carboxylic acids is 1. The highest BCUT2D eigenvalue weighted by atomic mass is 32.2. The quantitative estimate of drug-likeness (QED) is 0.854. The SMILES string of the molecule is COCCn1ccc(C(=O)N2CCS[C@H]3CCCC[C@H]32)n1. The molecule has 1 aliphatic heterocycles. The highest BCUT2D eigenvalue weighted by Crippen LogP contribution is 2.35. The maximum atomic E-state index is 12.8. The molecule has 5 nitrogen and oxygen atoms in total.